The van der Waals surface area contributed by atoms with Gasteiger partial charge < -0.3 is 4.74 Å². The zero-order chi connectivity index (χ0) is 22.9. The van der Waals surface area contributed by atoms with Gasteiger partial charge in [0.2, 0.25) is 0 Å². The monoisotopic (exact) mass is 452 g/mol. The zero-order valence-corrected chi connectivity index (χ0v) is 18.2. The summed E-state index contributed by atoms with van der Waals surface area (Å²) in [5.74, 6) is -1.57. The molecule has 0 amide bonds. The Hall–Kier alpha value is -2.11. The molecule has 6 heteroatoms. The van der Waals surface area contributed by atoms with E-state index in [4.69, 9.17) is 0 Å². The van der Waals surface area contributed by atoms with E-state index in [1.165, 1.54) is 37.8 Å². The van der Waals surface area contributed by atoms with Crippen LogP contribution in [0.2, 0.25) is 0 Å². The van der Waals surface area contributed by atoms with Crippen molar-refractivity contribution in [3.8, 4) is 5.75 Å². The van der Waals surface area contributed by atoms with E-state index in [1.54, 1.807) is 6.07 Å². The zero-order valence-electron chi connectivity index (χ0n) is 18.2. The largest absolute Gasteiger partial charge is 0.426 e. The molecule has 2 aliphatic carbocycles. The number of halogens is 5. The lowest BCUT2D eigenvalue weighted by molar-refractivity contribution is -0.187. The topological polar surface area (TPSA) is 9.23 Å². The molecule has 4 rings (SSSR count). The summed E-state index contributed by atoms with van der Waals surface area (Å²) >= 11 is 0. The molecule has 0 heterocycles. The third-order valence-electron chi connectivity index (χ3n) is 7.42. The molecule has 2 aliphatic rings. The van der Waals surface area contributed by atoms with Gasteiger partial charge in [0.05, 0.1) is 5.56 Å². The lowest BCUT2D eigenvalue weighted by Crippen LogP contribution is -2.25. The van der Waals surface area contributed by atoms with E-state index in [9.17, 15) is 22.0 Å². The van der Waals surface area contributed by atoms with Crippen molar-refractivity contribution in [1.29, 1.82) is 0 Å². The number of ether oxygens (including phenoxy) is 1. The number of alkyl halides is 2. The van der Waals surface area contributed by atoms with Crippen molar-refractivity contribution in [1.82, 2.24) is 0 Å². The summed E-state index contributed by atoms with van der Waals surface area (Å²) < 4.78 is 74.2. The summed E-state index contributed by atoms with van der Waals surface area (Å²) in [5, 5.41) is 0. The number of hydrogen-bond acceptors (Lipinski definition) is 1. The van der Waals surface area contributed by atoms with Crippen LogP contribution in [-0.2, 0) is 6.11 Å². The van der Waals surface area contributed by atoms with Crippen LogP contribution in [0.4, 0.5) is 22.0 Å². The van der Waals surface area contributed by atoms with Gasteiger partial charge in [-0.3, -0.25) is 0 Å². The maximum Gasteiger partial charge on any atom is 0.426 e. The van der Waals surface area contributed by atoms with Gasteiger partial charge in [-0.25, -0.2) is 13.2 Å². The van der Waals surface area contributed by atoms with Crippen LogP contribution in [0.25, 0.3) is 0 Å². The minimum Gasteiger partial charge on any atom is -0.426 e. The quantitative estimate of drug-likeness (QED) is 0.414. The van der Waals surface area contributed by atoms with Gasteiger partial charge in [-0.05, 0) is 98.1 Å². The van der Waals surface area contributed by atoms with Crippen LogP contribution in [0.1, 0.15) is 75.3 Å². The molecule has 0 saturated heterocycles. The number of benzene rings is 2. The van der Waals surface area contributed by atoms with Crippen LogP contribution in [0.5, 0.6) is 5.75 Å². The fourth-order valence-electron chi connectivity index (χ4n) is 5.41. The van der Waals surface area contributed by atoms with Gasteiger partial charge in [0.25, 0.3) is 0 Å². The van der Waals surface area contributed by atoms with Gasteiger partial charge in [-0.15, -0.1) is 0 Å². The van der Waals surface area contributed by atoms with Crippen LogP contribution in [-0.4, -0.2) is 0 Å². The minimum atomic E-state index is -3.99. The molecule has 0 radical (unpaired) electrons. The first-order chi connectivity index (χ1) is 15.2. The highest BCUT2D eigenvalue weighted by Crippen LogP contribution is 2.44. The highest BCUT2D eigenvalue weighted by Gasteiger charge is 2.37. The van der Waals surface area contributed by atoms with Crippen LogP contribution in [0.3, 0.4) is 0 Å². The predicted molar refractivity (Wildman–Crippen MR) is 113 cm³/mol. The second-order valence-corrected chi connectivity index (χ2v) is 9.57. The van der Waals surface area contributed by atoms with E-state index in [0.717, 1.165) is 55.1 Å². The first-order valence-electron chi connectivity index (χ1n) is 11.5. The molecule has 1 nitrogen and oxygen atoms in total. The van der Waals surface area contributed by atoms with Crippen molar-refractivity contribution in [2.75, 3.05) is 0 Å². The van der Waals surface area contributed by atoms with E-state index in [-0.39, 0.29) is 5.92 Å². The Balaban J connectivity index is 1.38. The van der Waals surface area contributed by atoms with Crippen molar-refractivity contribution in [3.63, 3.8) is 0 Å². The van der Waals surface area contributed by atoms with Gasteiger partial charge >= 0.3 is 6.11 Å². The highest BCUT2D eigenvalue weighted by molar-refractivity contribution is 5.33. The number of hydrogen-bond donors (Lipinski definition) is 0. The summed E-state index contributed by atoms with van der Waals surface area (Å²) in [4.78, 5) is 0. The standard InChI is InChI=1S/C26H29F5O/c1-16-2-4-17(5-3-16)18-6-8-19(9-7-18)20-10-13-25(24(29)14-20)32-26(30,31)21-11-12-22(27)23(28)15-21/h10-19H,2-9H2,1H3. The highest BCUT2D eigenvalue weighted by atomic mass is 19.3. The predicted octanol–water partition coefficient (Wildman–Crippen LogP) is 8.33. The summed E-state index contributed by atoms with van der Waals surface area (Å²) in [7, 11) is 0. The summed E-state index contributed by atoms with van der Waals surface area (Å²) in [6, 6.07) is 5.76. The molecule has 0 spiro atoms. The van der Waals surface area contributed by atoms with Crippen molar-refractivity contribution in [2.24, 2.45) is 17.8 Å². The van der Waals surface area contributed by atoms with Gasteiger partial charge in [0, 0.05) is 0 Å². The third kappa shape index (κ3) is 5.10. The molecule has 0 atom stereocenters. The molecule has 0 aromatic heterocycles. The number of rotatable bonds is 5. The SMILES string of the molecule is CC1CCC(C2CCC(c3ccc(OC(F)(F)c4ccc(F)c(F)c4)c(F)c3)CC2)CC1. The van der Waals surface area contributed by atoms with Crippen LogP contribution in [0, 0.1) is 35.2 Å². The van der Waals surface area contributed by atoms with E-state index in [0.29, 0.717) is 12.1 Å². The Morgan fingerprint density at radius 2 is 1.34 bits per heavy atom. The first-order valence-corrected chi connectivity index (χ1v) is 11.5. The van der Waals surface area contributed by atoms with Gasteiger partial charge in [-0.2, -0.15) is 8.78 Å². The molecule has 0 aliphatic heterocycles. The average molecular weight is 453 g/mol. The van der Waals surface area contributed by atoms with E-state index in [2.05, 4.69) is 11.7 Å². The van der Waals surface area contributed by atoms with E-state index in [1.807, 2.05) is 0 Å². The van der Waals surface area contributed by atoms with Crippen LogP contribution < -0.4 is 4.74 Å². The van der Waals surface area contributed by atoms with Crippen molar-refractivity contribution in [3.05, 3.63) is 65.0 Å². The molecular formula is C26H29F5O. The molecule has 0 unspecified atom stereocenters. The van der Waals surface area contributed by atoms with E-state index >= 15 is 0 Å². The molecule has 0 N–H and O–H groups in total. The van der Waals surface area contributed by atoms with Gasteiger partial charge in [0.15, 0.2) is 23.2 Å². The molecule has 2 fully saturated rings. The lowest BCUT2D eigenvalue weighted by Gasteiger charge is -2.37. The lowest BCUT2D eigenvalue weighted by atomic mass is 9.68. The molecule has 2 saturated carbocycles. The Morgan fingerprint density at radius 1 is 0.719 bits per heavy atom. The molecule has 2 aromatic rings. The maximum atomic E-state index is 14.6. The second-order valence-electron chi connectivity index (χ2n) is 9.57. The fraction of sp³-hybridized carbons (Fsp3) is 0.538. The van der Waals surface area contributed by atoms with Crippen molar-refractivity contribution < 1.29 is 26.7 Å². The van der Waals surface area contributed by atoms with Gasteiger partial charge in [0.1, 0.15) is 0 Å². The Kier molecular flexibility index (Phi) is 6.78. The molecule has 2 aromatic carbocycles. The maximum absolute atomic E-state index is 14.6. The smallest absolute Gasteiger partial charge is 0.426 e. The second kappa shape index (κ2) is 9.40. The summed E-state index contributed by atoms with van der Waals surface area (Å²) in [6.45, 7) is 2.32. The van der Waals surface area contributed by atoms with Crippen LogP contribution in [0.15, 0.2) is 36.4 Å². The average Bonchev–Trinajstić information content (AvgIpc) is 2.77. The van der Waals surface area contributed by atoms with Gasteiger partial charge in [-0.1, -0.05) is 25.8 Å². The third-order valence-corrected chi connectivity index (χ3v) is 7.42. The molecule has 32 heavy (non-hydrogen) atoms. The Morgan fingerprint density at radius 3 is 1.94 bits per heavy atom. The minimum absolute atomic E-state index is 0.212. The first kappa shape index (κ1) is 23.1. The normalized spacial score (nSPS) is 26.7. The molecule has 174 valence electrons. The summed E-state index contributed by atoms with van der Waals surface area (Å²) in [6.07, 6.45) is 5.44. The Bertz CT molecular complexity index is 928. The Labute approximate surface area is 186 Å². The van der Waals surface area contributed by atoms with Crippen LogP contribution >= 0.6 is 0 Å². The van der Waals surface area contributed by atoms with E-state index < -0.39 is 34.9 Å². The summed E-state index contributed by atoms with van der Waals surface area (Å²) in [5.41, 5.74) is -0.0861. The van der Waals surface area contributed by atoms with Crippen molar-refractivity contribution >= 4 is 0 Å². The molecule has 0 bridgehead atoms. The fourth-order valence-corrected chi connectivity index (χ4v) is 5.41. The van der Waals surface area contributed by atoms with Crippen molar-refractivity contribution in [2.45, 2.75) is 70.3 Å². The molecular weight excluding hydrogens is 423 g/mol.